The molecule has 1 amide bonds. The van der Waals surface area contributed by atoms with Gasteiger partial charge in [-0.2, -0.15) is 11.8 Å². The second-order valence-electron chi connectivity index (χ2n) is 4.31. The zero-order valence-corrected chi connectivity index (χ0v) is 10.7. The van der Waals surface area contributed by atoms with Crippen molar-refractivity contribution in [2.45, 2.75) is 26.8 Å². The van der Waals surface area contributed by atoms with Gasteiger partial charge < -0.3 is 10.6 Å². The van der Waals surface area contributed by atoms with E-state index in [2.05, 4.69) is 31.4 Å². The van der Waals surface area contributed by atoms with Crippen LogP contribution in [0, 0.1) is 11.8 Å². The van der Waals surface area contributed by atoms with E-state index in [-0.39, 0.29) is 17.9 Å². The van der Waals surface area contributed by atoms with Crippen LogP contribution in [-0.4, -0.2) is 36.5 Å². The van der Waals surface area contributed by atoms with Crippen LogP contribution in [0.1, 0.15) is 20.8 Å². The maximum Gasteiger partial charge on any atom is 0.224 e. The fourth-order valence-corrected chi connectivity index (χ4v) is 2.52. The van der Waals surface area contributed by atoms with Crippen LogP contribution >= 0.6 is 11.8 Å². The van der Waals surface area contributed by atoms with E-state index >= 15 is 0 Å². The highest BCUT2D eigenvalue weighted by Gasteiger charge is 2.29. The first-order chi connectivity index (χ1) is 7.15. The Labute approximate surface area is 96.8 Å². The van der Waals surface area contributed by atoms with Crippen molar-refractivity contribution in [3.05, 3.63) is 0 Å². The van der Waals surface area contributed by atoms with Gasteiger partial charge in [-0.05, 0) is 25.1 Å². The Hall–Kier alpha value is -0.220. The Balaban J connectivity index is 2.28. The van der Waals surface area contributed by atoms with E-state index in [1.54, 1.807) is 0 Å². The Morgan fingerprint density at radius 2 is 2.33 bits per heavy atom. The van der Waals surface area contributed by atoms with E-state index in [0.29, 0.717) is 5.92 Å². The minimum atomic E-state index is 0.166. The molecule has 15 heavy (non-hydrogen) atoms. The molecule has 1 fully saturated rings. The summed E-state index contributed by atoms with van der Waals surface area (Å²) in [5.74, 6) is 2.98. The summed E-state index contributed by atoms with van der Waals surface area (Å²) in [5.41, 5.74) is 0. The number of amides is 1. The first-order valence-electron chi connectivity index (χ1n) is 5.74. The van der Waals surface area contributed by atoms with Gasteiger partial charge in [0.1, 0.15) is 0 Å². The normalized spacial score (nSPS) is 27.7. The van der Waals surface area contributed by atoms with Gasteiger partial charge in [0.2, 0.25) is 5.91 Å². The van der Waals surface area contributed by atoms with Crippen molar-refractivity contribution in [3.63, 3.8) is 0 Å². The molecule has 0 bridgehead atoms. The summed E-state index contributed by atoms with van der Waals surface area (Å²) in [6, 6.07) is 0.287. The summed E-state index contributed by atoms with van der Waals surface area (Å²) in [6.45, 7) is 8.16. The van der Waals surface area contributed by atoms with Gasteiger partial charge in [0.25, 0.3) is 0 Å². The van der Waals surface area contributed by atoms with Crippen LogP contribution in [-0.2, 0) is 4.79 Å². The van der Waals surface area contributed by atoms with Crippen LogP contribution in [0.15, 0.2) is 0 Å². The number of carbonyl (C=O) groups excluding carboxylic acids is 1. The van der Waals surface area contributed by atoms with E-state index in [1.165, 1.54) is 0 Å². The zero-order chi connectivity index (χ0) is 11.3. The first kappa shape index (κ1) is 12.8. The average Bonchev–Trinajstić information content (AvgIpc) is 2.61. The molecule has 1 aliphatic heterocycles. The highest BCUT2D eigenvalue weighted by molar-refractivity contribution is 7.99. The fraction of sp³-hybridized carbons (Fsp3) is 0.909. The third-order valence-electron chi connectivity index (χ3n) is 2.81. The van der Waals surface area contributed by atoms with Crippen molar-refractivity contribution >= 4 is 17.7 Å². The van der Waals surface area contributed by atoms with Crippen molar-refractivity contribution in [1.82, 2.24) is 10.6 Å². The molecule has 0 aromatic carbocycles. The Morgan fingerprint density at radius 1 is 1.60 bits per heavy atom. The number of hydrogen-bond acceptors (Lipinski definition) is 3. The van der Waals surface area contributed by atoms with Gasteiger partial charge in [-0.15, -0.1) is 0 Å². The van der Waals surface area contributed by atoms with Gasteiger partial charge in [-0.3, -0.25) is 4.79 Å². The SMILES string of the molecule is CCSCC(C)NC(=O)C1CNCC1C. The molecule has 0 spiro atoms. The summed E-state index contributed by atoms with van der Waals surface area (Å²) in [7, 11) is 0. The molecule has 4 heteroatoms. The molecular weight excluding hydrogens is 208 g/mol. The number of rotatable bonds is 5. The minimum absolute atomic E-state index is 0.166. The molecule has 0 aromatic rings. The topological polar surface area (TPSA) is 41.1 Å². The van der Waals surface area contributed by atoms with Crippen molar-refractivity contribution in [3.8, 4) is 0 Å². The third-order valence-corrected chi connectivity index (χ3v) is 3.96. The van der Waals surface area contributed by atoms with E-state index < -0.39 is 0 Å². The Kier molecular flexibility index (Phi) is 5.47. The molecule has 1 aliphatic rings. The second kappa shape index (κ2) is 6.38. The van der Waals surface area contributed by atoms with E-state index in [9.17, 15) is 4.79 Å². The van der Waals surface area contributed by atoms with Crippen LogP contribution in [0.25, 0.3) is 0 Å². The summed E-state index contributed by atoms with van der Waals surface area (Å²) in [6.07, 6.45) is 0. The smallest absolute Gasteiger partial charge is 0.224 e. The van der Waals surface area contributed by atoms with Crippen LogP contribution < -0.4 is 10.6 Å². The fourth-order valence-electron chi connectivity index (χ4n) is 1.85. The van der Waals surface area contributed by atoms with Crippen molar-refractivity contribution in [1.29, 1.82) is 0 Å². The summed E-state index contributed by atoms with van der Waals surface area (Å²) in [4.78, 5) is 11.9. The highest BCUT2D eigenvalue weighted by Crippen LogP contribution is 2.16. The minimum Gasteiger partial charge on any atom is -0.353 e. The van der Waals surface area contributed by atoms with Crippen LogP contribution in [0.4, 0.5) is 0 Å². The Bertz CT molecular complexity index is 211. The lowest BCUT2D eigenvalue weighted by atomic mass is 9.97. The van der Waals surface area contributed by atoms with Crippen molar-refractivity contribution in [2.24, 2.45) is 11.8 Å². The Morgan fingerprint density at radius 3 is 2.87 bits per heavy atom. The average molecular weight is 230 g/mol. The van der Waals surface area contributed by atoms with Gasteiger partial charge in [0.05, 0.1) is 5.92 Å². The molecule has 0 radical (unpaired) electrons. The standard InChI is InChI=1S/C11H22N2OS/c1-4-15-7-9(3)13-11(14)10-6-12-5-8(10)2/h8-10,12H,4-7H2,1-3H3,(H,13,14). The number of hydrogen-bond donors (Lipinski definition) is 2. The molecule has 0 saturated carbocycles. The lowest BCUT2D eigenvalue weighted by Crippen LogP contribution is -2.40. The lowest BCUT2D eigenvalue weighted by molar-refractivity contribution is -0.125. The van der Waals surface area contributed by atoms with Gasteiger partial charge in [-0.25, -0.2) is 0 Å². The third kappa shape index (κ3) is 4.03. The van der Waals surface area contributed by atoms with E-state index in [1.807, 2.05) is 11.8 Å². The summed E-state index contributed by atoms with van der Waals surface area (Å²) < 4.78 is 0. The summed E-state index contributed by atoms with van der Waals surface area (Å²) in [5, 5.41) is 6.34. The maximum atomic E-state index is 11.9. The number of carbonyl (C=O) groups is 1. The maximum absolute atomic E-state index is 11.9. The molecular formula is C11H22N2OS. The monoisotopic (exact) mass is 230 g/mol. The molecule has 1 rings (SSSR count). The van der Waals surface area contributed by atoms with Crippen LogP contribution in [0.2, 0.25) is 0 Å². The molecule has 1 heterocycles. The molecule has 3 unspecified atom stereocenters. The molecule has 0 aliphatic carbocycles. The molecule has 1 saturated heterocycles. The molecule has 3 nitrogen and oxygen atoms in total. The van der Waals surface area contributed by atoms with Crippen molar-refractivity contribution in [2.75, 3.05) is 24.6 Å². The van der Waals surface area contributed by atoms with Crippen molar-refractivity contribution < 1.29 is 4.79 Å². The zero-order valence-electron chi connectivity index (χ0n) is 9.88. The second-order valence-corrected chi connectivity index (χ2v) is 5.63. The van der Waals surface area contributed by atoms with E-state index in [0.717, 1.165) is 24.6 Å². The first-order valence-corrected chi connectivity index (χ1v) is 6.89. The molecule has 3 atom stereocenters. The van der Waals surface area contributed by atoms with E-state index in [4.69, 9.17) is 0 Å². The number of nitrogens with one attached hydrogen (secondary N) is 2. The molecule has 88 valence electrons. The van der Waals surface area contributed by atoms with Crippen LogP contribution in [0.5, 0.6) is 0 Å². The largest absolute Gasteiger partial charge is 0.353 e. The highest BCUT2D eigenvalue weighted by atomic mass is 32.2. The van der Waals surface area contributed by atoms with Gasteiger partial charge >= 0.3 is 0 Å². The predicted molar refractivity (Wildman–Crippen MR) is 66.1 cm³/mol. The summed E-state index contributed by atoms with van der Waals surface area (Å²) >= 11 is 1.87. The van der Waals surface area contributed by atoms with Gasteiger partial charge in [0, 0.05) is 18.3 Å². The number of thioether (sulfide) groups is 1. The molecule has 2 N–H and O–H groups in total. The lowest BCUT2D eigenvalue weighted by Gasteiger charge is -2.18. The van der Waals surface area contributed by atoms with Gasteiger partial charge in [0.15, 0.2) is 0 Å². The van der Waals surface area contributed by atoms with Crippen LogP contribution in [0.3, 0.4) is 0 Å². The van der Waals surface area contributed by atoms with Gasteiger partial charge in [-0.1, -0.05) is 13.8 Å². The molecule has 0 aromatic heterocycles. The predicted octanol–water partition coefficient (Wildman–Crippen LogP) is 1.10. The quantitative estimate of drug-likeness (QED) is 0.743.